The molecule has 0 spiro atoms. The van der Waals surface area contributed by atoms with Gasteiger partial charge in [-0.1, -0.05) is 60.7 Å². The van der Waals surface area contributed by atoms with E-state index in [1.165, 1.54) is 16.2 Å². The van der Waals surface area contributed by atoms with Crippen molar-refractivity contribution < 1.29 is 28.7 Å². The van der Waals surface area contributed by atoms with Crippen LogP contribution in [0.1, 0.15) is 35.2 Å². The normalized spacial score (nSPS) is 13.5. The monoisotopic (exact) mass is 782 g/mol. The molecule has 0 aliphatic carbocycles. The van der Waals surface area contributed by atoms with E-state index in [2.05, 4.69) is 31.2 Å². The molecule has 8 N–H and O–H groups in total. The number of nitrogens with one attached hydrogen (secondary N) is 4. The molecule has 0 saturated heterocycles. The molecule has 4 aromatic rings. The smallest absolute Gasteiger partial charge is 0.321 e. The zero-order valence-electron chi connectivity index (χ0n) is 31.0. The fourth-order valence-electron chi connectivity index (χ4n) is 5.64. The first-order valence-corrected chi connectivity index (χ1v) is 19.0. The summed E-state index contributed by atoms with van der Waals surface area (Å²) in [5.41, 5.74) is 15.4. The van der Waals surface area contributed by atoms with Crippen molar-refractivity contribution >= 4 is 63.3 Å². The number of benzene rings is 3. The first-order chi connectivity index (χ1) is 27.2. The average Bonchev–Trinajstić information content (AvgIpc) is 3.58. The highest BCUT2D eigenvalue weighted by atomic mass is 32.1. The van der Waals surface area contributed by atoms with Crippen molar-refractivity contribution in [2.45, 2.75) is 32.4 Å². The van der Waals surface area contributed by atoms with Crippen LogP contribution in [0.15, 0.2) is 94.2 Å². The Labute approximate surface area is 328 Å². The number of nitrogens with two attached hydrogens (primary N) is 2. The quantitative estimate of drug-likeness (QED) is 0.0466. The van der Waals surface area contributed by atoms with Crippen LogP contribution < -0.4 is 37.6 Å². The van der Waals surface area contributed by atoms with Crippen molar-refractivity contribution in [3.05, 3.63) is 107 Å². The summed E-state index contributed by atoms with van der Waals surface area (Å²) in [6.45, 7) is 3.49. The number of aryl methyl sites for hydroxylation is 1. The van der Waals surface area contributed by atoms with Gasteiger partial charge in [0.15, 0.2) is 5.96 Å². The maximum Gasteiger partial charge on any atom is 0.321 e. The van der Waals surface area contributed by atoms with Gasteiger partial charge in [-0.3, -0.25) is 19.3 Å². The van der Waals surface area contributed by atoms with Gasteiger partial charge in [-0.2, -0.15) is 4.99 Å². The number of rotatable bonds is 19. The molecular formula is C39H46N10O6S. The second-order valence-corrected chi connectivity index (χ2v) is 13.4. The van der Waals surface area contributed by atoms with Gasteiger partial charge in [0.1, 0.15) is 6.54 Å². The number of urea groups is 1. The van der Waals surface area contributed by atoms with Gasteiger partial charge >= 0.3 is 6.03 Å². The Balaban J connectivity index is 1.04. The van der Waals surface area contributed by atoms with E-state index in [9.17, 15) is 19.2 Å². The number of benzodiazepines with no additional fused rings is 1. The third kappa shape index (κ3) is 12.7. The molecule has 56 heavy (non-hydrogen) atoms. The second-order valence-electron chi connectivity index (χ2n) is 12.6. The van der Waals surface area contributed by atoms with Crippen molar-refractivity contribution in [2.75, 3.05) is 56.3 Å². The molecule has 1 aliphatic rings. The molecule has 1 aromatic heterocycles. The lowest BCUT2D eigenvalue weighted by Crippen LogP contribution is -2.51. The van der Waals surface area contributed by atoms with Crippen molar-refractivity contribution in [3.8, 4) is 0 Å². The number of fused-ring (bicyclic) bond motifs is 1. The number of guanidine groups is 1. The lowest BCUT2D eigenvalue weighted by Gasteiger charge is -2.25. The third-order valence-electron chi connectivity index (χ3n) is 8.20. The highest BCUT2D eigenvalue weighted by molar-refractivity contribution is 7.13. The van der Waals surface area contributed by atoms with E-state index in [-0.39, 0.29) is 31.6 Å². The predicted molar refractivity (Wildman–Crippen MR) is 216 cm³/mol. The van der Waals surface area contributed by atoms with Gasteiger partial charge in [0, 0.05) is 54.7 Å². The van der Waals surface area contributed by atoms with Crippen molar-refractivity contribution in [2.24, 2.45) is 21.5 Å². The number of anilines is 2. The zero-order valence-corrected chi connectivity index (χ0v) is 31.8. The van der Waals surface area contributed by atoms with Crippen molar-refractivity contribution in [1.29, 1.82) is 0 Å². The molecule has 1 aliphatic heterocycles. The number of thiazole rings is 1. The lowest BCUT2D eigenvalue weighted by molar-refractivity contribution is -0.124. The van der Waals surface area contributed by atoms with Gasteiger partial charge in [-0.25, -0.2) is 14.8 Å². The Kier molecular flexibility index (Phi) is 15.4. The minimum atomic E-state index is -1.32. The molecule has 1 unspecified atom stereocenters. The Bertz CT molecular complexity index is 2020. The van der Waals surface area contributed by atoms with Crippen molar-refractivity contribution in [1.82, 2.24) is 20.9 Å². The van der Waals surface area contributed by atoms with Crippen LogP contribution in [-0.2, 0) is 30.3 Å². The fourth-order valence-corrected chi connectivity index (χ4v) is 6.38. The summed E-state index contributed by atoms with van der Waals surface area (Å²) < 4.78 is 11.2. The molecule has 3 aromatic carbocycles. The van der Waals surface area contributed by atoms with Crippen LogP contribution >= 0.6 is 11.3 Å². The molecule has 1 atom stereocenters. The van der Waals surface area contributed by atoms with Crippen LogP contribution in [0.25, 0.3) is 0 Å². The number of carbonyl (C=O) groups excluding carboxylic acids is 4. The number of amides is 5. The Morgan fingerprint density at radius 3 is 2.43 bits per heavy atom. The molecule has 294 valence electrons. The topological polar surface area (TPSA) is 228 Å². The Hall–Kier alpha value is -6.17. The first-order valence-electron chi connectivity index (χ1n) is 18.1. The summed E-state index contributed by atoms with van der Waals surface area (Å²) in [6, 6.07) is 23.2. The highest BCUT2D eigenvalue weighted by Crippen LogP contribution is 2.28. The molecule has 0 saturated carbocycles. The summed E-state index contributed by atoms with van der Waals surface area (Å²) in [4.78, 5) is 66.8. The number of hydrogen-bond donors (Lipinski definition) is 6. The maximum absolute atomic E-state index is 14.1. The minimum Gasteiger partial charge on any atom is -0.379 e. The average molecular weight is 783 g/mol. The molecule has 0 fully saturated rings. The molecule has 2 heterocycles. The van der Waals surface area contributed by atoms with Gasteiger partial charge < -0.3 is 42.2 Å². The van der Waals surface area contributed by atoms with Crippen molar-refractivity contribution in [3.63, 3.8) is 0 Å². The number of nitrogens with zero attached hydrogens (tertiary/aromatic N) is 4. The highest BCUT2D eigenvalue weighted by Gasteiger charge is 2.34. The van der Waals surface area contributed by atoms with E-state index < -0.39 is 24.0 Å². The van der Waals surface area contributed by atoms with Gasteiger partial charge in [0.05, 0.1) is 36.9 Å². The number of aliphatic imine (C=N–C) groups is 2. The van der Waals surface area contributed by atoms with Gasteiger partial charge in [0.2, 0.25) is 23.1 Å². The van der Waals surface area contributed by atoms with Crippen LogP contribution in [-0.4, -0.2) is 92.6 Å². The number of aromatic nitrogens is 1. The Morgan fingerprint density at radius 1 is 0.893 bits per heavy atom. The van der Waals surface area contributed by atoms with Crippen LogP contribution in [0.3, 0.4) is 0 Å². The van der Waals surface area contributed by atoms with Gasteiger partial charge in [0.25, 0.3) is 5.91 Å². The van der Waals surface area contributed by atoms with Crippen LogP contribution in [0.4, 0.5) is 21.3 Å². The third-order valence-corrected chi connectivity index (χ3v) is 8.98. The SMILES string of the molecule is Cc1cccc(NC(=O)NC2N=C(c3ccccc3)c3ccccc3N(CC(=O)NCCOCCOCCCC(=O)NCCc3csc(N=C(N)N)n3)C2=O)c1. The number of carbonyl (C=O) groups is 4. The zero-order chi connectivity index (χ0) is 39.7. The minimum absolute atomic E-state index is 0.0513. The number of para-hydroxylation sites is 1. The Morgan fingerprint density at radius 2 is 1.64 bits per heavy atom. The fraction of sp³-hybridized carbons (Fsp3) is 0.308. The largest absolute Gasteiger partial charge is 0.379 e. The van der Waals surface area contributed by atoms with Gasteiger partial charge in [-0.05, 0) is 37.1 Å². The first kappa shape index (κ1) is 41.0. The van der Waals surface area contributed by atoms with E-state index in [0.29, 0.717) is 73.4 Å². The molecule has 5 rings (SSSR count). The molecule has 5 amide bonds. The van der Waals surface area contributed by atoms with E-state index in [4.69, 9.17) is 25.9 Å². The van der Waals surface area contributed by atoms with Crippen LogP contribution in [0, 0.1) is 6.92 Å². The molecule has 17 heteroatoms. The number of hydrogen-bond acceptors (Lipinski definition) is 10. The van der Waals surface area contributed by atoms with E-state index >= 15 is 0 Å². The van der Waals surface area contributed by atoms with Crippen LogP contribution in [0.2, 0.25) is 0 Å². The summed E-state index contributed by atoms with van der Waals surface area (Å²) in [6.07, 6.45) is 0.120. The summed E-state index contributed by atoms with van der Waals surface area (Å²) in [7, 11) is 0. The summed E-state index contributed by atoms with van der Waals surface area (Å²) in [5, 5.41) is 13.4. The lowest BCUT2D eigenvalue weighted by atomic mass is 10.0. The van der Waals surface area contributed by atoms with E-state index in [0.717, 1.165) is 16.8 Å². The number of ether oxygens (including phenoxy) is 2. The van der Waals surface area contributed by atoms with Gasteiger partial charge in [-0.15, -0.1) is 11.3 Å². The van der Waals surface area contributed by atoms with E-state index in [1.54, 1.807) is 18.2 Å². The summed E-state index contributed by atoms with van der Waals surface area (Å²) >= 11 is 1.33. The molecule has 16 nitrogen and oxygen atoms in total. The molecular weight excluding hydrogens is 737 g/mol. The van der Waals surface area contributed by atoms with Crippen LogP contribution in [0.5, 0.6) is 0 Å². The maximum atomic E-state index is 14.1. The summed E-state index contributed by atoms with van der Waals surface area (Å²) in [5.74, 6) is -1.12. The molecule has 0 radical (unpaired) electrons. The second kappa shape index (κ2) is 21.1. The predicted octanol–water partition coefficient (Wildman–Crippen LogP) is 2.98. The van der Waals surface area contributed by atoms with E-state index in [1.807, 2.05) is 73.0 Å². The molecule has 0 bridgehead atoms. The standard InChI is InChI=1S/C39H46N10O6S/c1-26-9-7-12-28(23-26)44-38(53)47-35-36(52)49(31-14-6-5-13-30(31)34(46-35)27-10-3-2-4-11-27)24-33(51)43-18-20-55-22-21-54-19-8-15-32(50)42-17-16-29-25-56-39(45-29)48-37(40)41/h2-7,9-14,23,25,35H,8,15-22,24H2,1H3,(H,42,50)(H,43,51)(H2,44,47,53)(H4,40,41,45,48).